The molecular formula is C22H27NO5. The number of hydrogen-bond donors (Lipinski definition) is 1. The minimum atomic E-state index is -0.532. The Hall–Kier alpha value is -3.02. The maximum Gasteiger partial charge on any atom is 0.308 e. The molecule has 0 fully saturated rings. The Balaban J connectivity index is 2.30. The number of carbonyl (C=O) groups excluding carboxylic acids is 2. The molecule has 150 valence electrons. The molecule has 6 heteroatoms. The summed E-state index contributed by atoms with van der Waals surface area (Å²) in [6.45, 7) is 5.56. The fraction of sp³-hybridized carbons (Fsp3) is 0.364. The summed E-state index contributed by atoms with van der Waals surface area (Å²) in [5.74, 6) is 0.0633. The van der Waals surface area contributed by atoms with Gasteiger partial charge in [0.1, 0.15) is 0 Å². The standard InChI is InChI=1S/C22H27NO5/c1-14(2)28-20(24)13-18(16-11-9-15(3)10-12-16)23-22(25)17-7-6-8-19(26-4)21(17)27-5/h6-12,14,18H,13H2,1-5H3,(H,23,25). The van der Waals surface area contributed by atoms with E-state index in [1.165, 1.54) is 14.2 Å². The predicted octanol–water partition coefficient (Wildman–Crippen LogP) is 3.83. The van der Waals surface area contributed by atoms with Crippen molar-refractivity contribution in [2.45, 2.75) is 39.3 Å². The normalized spacial score (nSPS) is 11.6. The summed E-state index contributed by atoms with van der Waals surface area (Å²) in [6.07, 6.45) is -0.195. The van der Waals surface area contributed by atoms with E-state index < -0.39 is 6.04 Å². The zero-order valence-corrected chi connectivity index (χ0v) is 16.9. The highest BCUT2D eigenvalue weighted by Crippen LogP contribution is 2.31. The Morgan fingerprint density at radius 2 is 1.68 bits per heavy atom. The minimum absolute atomic E-state index is 0.0270. The summed E-state index contributed by atoms with van der Waals surface area (Å²) < 4.78 is 15.9. The van der Waals surface area contributed by atoms with Gasteiger partial charge in [-0.15, -0.1) is 0 Å². The molecule has 0 heterocycles. The van der Waals surface area contributed by atoms with Gasteiger partial charge in [-0.3, -0.25) is 9.59 Å². The molecular weight excluding hydrogens is 358 g/mol. The molecule has 1 N–H and O–H groups in total. The maximum atomic E-state index is 12.9. The number of amides is 1. The number of para-hydroxylation sites is 1. The smallest absolute Gasteiger partial charge is 0.308 e. The SMILES string of the molecule is COc1cccc(C(=O)NC(CC(=O)OC(C)C)c2ccc(C)cc2)c1OC. The van der Waals surface area contributed by atoms with E-state index in [2.05, 4.69) is 5.32 Å². The largest absolute Gasteiger partial charge is 0.493 e. The number of ether oxygens (including phenoxy) is 3. The molecule has 0 aliphatic heterocycles. The van der Waals surface area contributed by atoms with Crippen molar-refractivity contribution in [3.8, 4) is 11.5 Å². The summed E-state index contributed by atoms with van der Waals surface area (Å²) in [5, 5.41) is 2.92. The second-order valence-electron chi connectivity index (χ2n) is 6.72. The highest BCUT2D eigenvalue weighted by Gasteiger charge is 2.23. The summed E-state index contributed by atoms with van der Waals surface area (Å²) in [6, 6.07) is 12.2. The van der Waals surface area contributed by atoms with Crippen molar-refractivity contribution in [2.24, 2.45) is 0 Å². The molecule has 0 bridgehead atoms. The average molecular weight is 385 g/mol. The summed E-state index contributed by atoms with van der Waals surface area (Å²) in [4.78, 5) is 25.2. The van der Waals surface area contributed by atoms with E-state index in [0.717, 1.165) is 11.1 Å². The van der Waals surface area contributed by atoms with Gasteiger partial charge in [-0.2, -0.15) is 0 Å². The van der Waals surface area contributed by atoms with Crippen LogP contribution in [0.1, 0.15) is 47.8 Å². The van der Waals surface area contributed by atoms with Crippen molar-refractivity contribution in [1.82, 2.24) is 5.32 Å². The summed E-state index contributed by atoms with van der Waals surface area (Å²) in [7, 11) is 2.99. The molecule has 2 rings (SSSR count). The van der Waals surface area contributed by atoms with Crippen molar-refractivity contribution in [1.29, 1.82) is 0 Å². The molecule has 0 aliphatic rings. The predicted molar refractivity (Wildman–Crippen MR) is 107 cm³/mol. The van der Waals surface area contributed by atoms with Gasteiger partial charge in [-0.25, -0.2) is 0 Å². The Labute approximate surface area is 165 Å². The van der Waals surface area contributed by atoms with Crippen LogP contribution in [0, 0.1) is 6.92 Å². The van der Waals surface area contributed by atoms with E-state index in [0.29, 0.717) is 17.1 Å². The number of benzene rings is 2. The molecule has 0 aromatic heterocycles. The van der Waals surface area contributed by atoms with Gasteiger partial charge in [0.25, 0.3) is 5.91 Å². The van der Waals surface area contributed by atoms with Crippen molar-refractivity contribution in [2.75, 3.05) is 14.2 Å². The molecule has 0 spiro atoms. The Bertz CT molecular complexity index is 814. The number of methoxy groups -OCH3 is 2. The number of aryl methyl sites for hydroxylation is 1. The lowest BCUT2D eigenvalue weighted by atomic mass is 10.0. The Morgan fingerprint density at radius 3 is 2.25 bits per heavy atom. The lowest BCUT2D eigenvalue weighted by Crippen LogP contribution is -2.31. The van der Waals surface area contributed by atoms with E-state index in [4.69, 9.17) is 14.2 Å². The molecule has 0 saturated heterocycles. The fourth-order valence-electron chi connectivity index (χ4n) is 2.83. The van der Waals surface area contributed by atoms with Gasteiger partial charge in [-0.1, -0.05) is 35.9 Å². The monoisotopic (exact) mass is 385 g/mol. The molecule has 2 aromatic rings. The first kappa shape index (κ1) is 21.3. The average Bonchev–Trinajstić information content (AvgIpc) is 2.66. The van der Waals surface area contributed by atoms with Crippen molar-refractivity contribution in [3.05, 3.63) is 59.2 Å². The third kappa shape index (κ3) is 5.49. The van der Waals surface area contributed by atoms with Crippen LogP contribution in [-0.4, -0.2) is 32.2 Å². The van der Waals surface area contributed by atoms with Crippen LogP contribution in [-0.2, 0) is 9.53 Å². The van der Waals surface area contributed by atoms with Crippen molar-refractivity contribution >= 4 is 11.9 Å². The molecule has 1 atom stereocenters. The quantitative estimate of drug-likeness (QED) is 0.699. The number of nitrogens with one attached hydrogen (secondary N) is 1. The lowest BCUT2D eigenvalue weighted by Gasteiger charge is -2.21. The van der Waals surface area contributed by atoms with Crippen molar-refractivity contribution < 1.29 is 23.8 Å². The van der Waals surface area contributed by atoms with Crippen LogP contribution < -0.4 is 14.8 Å². The highest BCUT2D eigenvalue weighted by atomic mass is 16.5. The second kappa shape index (κ2) is 9.78. The second-order valence-corrected chi connectivity index (χ2v) is 6.72. The van der Waals surface area contributed by atoms with Crippen LogP contribution in [0.15, 0.2) is 42.5 Å². The van der Waals surface area contributed by atoms with E-state index in [-0.39, 0.29) is 24.4 Å². The molecule has 0 radical (unpaired) electrons. The summed E-state index contributed by atoms with van der Waals surface area (Å²) in [5.41, 5.74) is 2.24. The molecule has 6 nitrogen and oxygen atoms in total. The van der Waals surface area contributed by atoms with Crippen LogP contribution in [0.25, 0.3) is 0 Å². The molecule has 1 unspecified atom stereocenters. The molecule has 0 aliphatic carbocycles. The summed E-state index contributed by atoms with van der Waals surface area (Å²) >= 11 is 0. The number of hydrogen-bond acceptors (Lipinski definition) is 5. The van der Waals surface area contributed by atoms with E-state index >= 15 is 0 Å². The molecule has 28 heavy (non-hydrogen) atoms. The van der Waals surface area contributed by atoms with Gasteiger partial charge in [0.05, 0.1) is 38.3 Å². The Morgan fingerprint density at radius 1 is 1.00 bits per heavy atom. The first-order valence-corrected chi connectivity index (χ1v) is 9.13. The topological polar surface area (TPSA) is 73.9 Å². The van der Waals surface area contributed by atoms with Crippen LogP contribution in [0.3, 0.4) is 0 Å². The zero-order chi connectivity index (χ0) is 20.7. The Kier molecular flexibility index (Phi) is 7.44. The van der Waals surface area contributed by atoms with Crippen molar-refractivity contribution in [3.63, 3.8) is 0 Å². The first-order chi connectivity index (χ1) is 13.3. The van der Waals surface area contributed by atoms with Crippen LogP contribution in [0.5, 0.6) is 11.5 Å². The molecule has 1 amide bonds. The minimum Gasteiger partial charge on any atom is -0.493 e. The van der Waals surface area contributed by atoms with Gasteiger partial charge in [-0.05, 0) is 38.5 Å². The molecule has 2 aromatic carbocycles. The lowest BCUT2D eigenvalue weighted by molar-refractivity contribution is -0.147. The maximum absolute atomic E-state index is 12.9. The van der Waals surface area contributed by atoms with Gasteiger partial charge >= 0.3 is 5.97 Å². The molecule has 0 saturated carbocycles. The number of carbonyl (C=O) groups is 2. The highest BCUT2D eigenvalue weighted by molar-refractivity contribution is 5.98. The van der Waals surface area contributed by atoms with E-state index in [1.54, 1.807) is 32.0 Å². The third-order valence-corrected chi connectivity index (χ3v) is 4.17. The van der Waals surface area contributed by atoms with Crippen LogP contribution in [0.2, 0.25) is 0 Å². The van der Waals surface area contributed by atoms with Gasteiger partial charge in [0, 0.05) is 0 Å². The number of esters is 1. The number of rotatable bonds is 8. The van der Waals surface area contributed by atoms with Gasteiger partial charge in [0.15, 0.2) is 11.5 Å². The first-order valence-electron chi connectivity index (χ1n) is 9.13. The van der Waals surface area contributed by atoms with Crippen LogP contribution >= 0.6 is 0 Å². The fourth-order valence-corrected chi connectivity index (χ4v) is 2.83. The zero-order valence-electron chi connectivity index (χ0n) is 16.9. The van der Waals surface area contributed by atoms with Crippen LogP contribution in [0.4, 0.5) is 0 Å². The third-order valence-electron chi connectivity index (χ3n) is 4.17. The van der Waals surface area contributed by atoms with Gasteiger partial charge < -0.3 is 19.5 Å². The van der Waals surface area contributed by atoms with E-state index in [9.17, 15) is 9.59 Å². The van der Waals surface area contributed by atoms with E-state index in [1.807, 2.05) is 31.2 Å². The van der Waals surface area contributed by atoms with Gasteiger partial charge in [0.2, 0.25) is 0 Å².